The minimum Gasteiger partial charge on any atom is -0.506 e. The zero-order valence-electron chi connectivity index (χ0n) is 17.7. The molecule has 0 unspecified atom stereocenters. The van der Waals surface area contributed by atoms with Crippen LogP contribution >= 0.6 is 0 Å². The average molecular weight is 406 g/mol. The summed E-state index contributed by atoms with van der Waals surface area (Å²) < 4.78 is 0. The number of nitrogens with zero attached hydrogens (tertiary/aromatic N) is 1. The lowest BCUT2D eigenvalue weighted by Gasteiger charge is -2.21. The van der Waals surface area contributed by atoms with Crippen molar-refractivity contribution in [3.63, 3.8) is 0 Å². The maximum absolute atomic E-state index is 12.5. The van der Waals surface area contributed by atoms with Gasteiger partial charge < -0.3 is 10.8 Å². The highest BCUT2D eigenvalue weighted by atomic mass is 16.3. The third kappa shape index (κ3) is 6.47. The SMILES string of the molecule is C=C/C=C(\C=C/CCN1C(=N)C(=C(O)C2=CC=C(C)CCC2)C#CCC1=O)CCN. The predicted octanol–water partition coefficient (Wildman–Crippen LogP) is 4.48. The number of amidine groups is 1. The van der Waals surface area contributed by atoms with Crippen molar-refractivity contribution in [3.8, 4) is 11.8 Å². The number of allylic oxidation sites excluding steroid dienone is 7. The molecule has 4 N–H and O–H groups in total. The minimum absolute atomic E-state index is 0.00726. The first-order chi connectivity index (χ1) is 14.5. The third-order valence-electron chi connectivity index (χ3n) is 5.00. The quantitative estimate of drug-likeness (QED) is 0.316. The van der Waals surface area contributed by atoms with Crippen molar-refractivity contribution in [2.24, 2.45) is 5.73 Å². The molecule has 5 nitrogen and oxygen atoms in total. The van der Waals surface area contributed by atoms with E-state index in [0.29, 0.717) is 25.9 Å². The molecular formula is C25H31N3O2. The zero-order chi connectivity index (χ0) is 21.9. The number of hydrogen-bond acceptors (Lipinski definition) is 4. The van der Waals surface area contributed by atoms with Crippen molar-refractivity contribution in [2.45, 2.75) is 45.4 Å². The van der Waals surface area contributed by atoms with Crippen molar-refractivity contribution in [3.05, 3.63) is 71.1 Å². The molecule has 0 atom stereocenters. The minimum atomic E-state index is -0.224. The number of hydrogen-bond donors (Lipinski definition) is 3. The van der Waals surface area contributed by atoms with Crippen LogP contribution in [-0.4, -0.2) is 34.8 Å². The van der Waals surface area contributed by atoms with Gasteiger partial charge in [-0.15, -0.1) is 0 Å². The van der Waals surface area contributed by atoms with Gasteiger partial charge in [0.15, 0.2) is 0 Å². The summed E-state index contributed by atoms with van der Waals surface area (Å²) in [5.74, 6) is 5.39. The molecule has 1 aliphatic heterocycles. The van der Waals surface area contributed by atoms with Crippen molar-refractivity contribution in [1.82, 2.24) is 4.90 Å². The van der Waals surface area contributed by atoms with Gasteiger partial charge >= 0.3 is 0 Å². The van der Waals surface area contributed by atoms with Crippen LogP contribution in [0.3, 0.4) is 0 Å². The molecule has 0 fully saturated rings. The van der Waals surface area contributed by atoms with E-state index in [1.807, 2.05) is 30.4 Å². The Morgan fingerprint density at radius 1 is 1.40 bits per heavy atom. The van der Waals surface area contributed by atoms with Crippen LogP contribution in [0.1, 0.15) is 45.4 Å². The van der Waals surface area contributed by atoms with Gasteiger partial charge in [-0.2, -0.15) is 0 Å². The maximum atomic E-state index is 12.5. The van der Waals surface area contributed by atoms with Crippen LogP contribution in [0.15, 0.2) is 71.1 Å². The normalized spacial score (nSPS) is 19.5. The van der Waals surface area contributed by atoms with Crippen LogP contribution in [0.4, 0.5) is 0 Å². The van der Waals surface area contributed by atoms with Crippen LogP contribution in [0, 0.1) is 17.3 Å². The molecule has 30 heavy (non-hydrogen) atoms. The molecule has 5 heteroatoms. The van der Waals surface area contributed by atoms with Gasteiger partial charge in [-0.1, -0.05) is 60.4 Å². The van der Waals surface area contributed by atoms with Crippen molar-refractivity contribution in [2.75, 3.05) is 13.1 Å². The van der Waals surface area contributed by atoms with Crippen LogP contribution in [-0.2, 0) is 4.79 Å². The summed E-state index contributed by atoms with van der Waals surface area (Å²) in [5.41, 5.74) is 8.92. The fourth-order valence-electron chi connectivity index (χ4n) is 3.33. The van der Waals surface area contributed by atoms with Gasteiger partial charge in [0.1, 0.15) is 17.2 Å². The topological polar surface area (TPSA) is 90.4 Å². The van der Waals surface area contributed by atoms with E-state index in [-0.39, 0.29) is 29.5 Å². The molecule has 0 bridgehead atoms. The second-order valence-corrected chi connectivity index (χ2v) is 7.36. The average Bonchev–Trinajstić information content (AvgIpc) is 3.02. The number of nitrogens with one attached hydrogen (secondary N) is 1. The van der Waals surface area contributed by atoms with Crippen LogP contribution < -0.4 is 5.73 Å². The van der Waals surface area contributed by atoms with E-state index >= 15 is 0 Å². The predicted molar refractivity (Wildman–Crippen MR) is 123 cm³/mol. The first-order valence-electron chi connectivity index (χ1n) is 10.3. The number of aliphatic hydroxyl groups excluding tert-OH is 1. The highest BCUT2D eigenvalue weighted by Crippen LogP contribution is 2.25. The Balaban J connectivity index is 2.17. The van der Waals surface area contributed by atoms with Crippen LogP contribution in [0.2, 0.25) is 0 Å². The van der Waals surface area contributed by atoms with Crippen molar-refractivity contribution < 1.29 is 9.90 Å². The highest BCUT2D eigenvalue weighted by Gasteiger charge is 2.25. The molecule has 1 aliphatic carbocycles. The Labute approximate surface area is 179 Å². The van der Waals surface area contributed by atoms with E-state index in [1.54, 1.807) is 6.08 Å². The molecule has 1 heterocycles. The molecular weight excluding hydrogens is 374 g/mol. The van der Waals surface area contributed by atoms with E-state index in [9.17, 15) is 9.90 Å². The molecule has 0 saturated heterocycles. The van der Waals surface area contributed by atoms with E-state index in [2.05, 4.69) is 25.3 Å². The van der Waals surface area contributed by atoms with Gasteiger partial charge in [0.2, 0.25) is 5.91 Å². The molecule has 0 aromatic heterocycles. The summed E-state index contributed by atoms with van der Waals surface area (Å²) in [4.78, 5) is 13.9. The molecule has 158 valence electrons. The Hall–Kier alpha value is -3.10. The summed E-state index contributed by atoms with van der Waals surface area (Å²) in [6, 6.07) is 0. The summed E-state index contributed by atoms with van der Waals surface area (Å²) >= 11 is 0. The molecule has 1 amide bonds. The lowest BCUT2D eigenvalue weighted by Crippen LogP contribution is -2.37. The zero-order valence-corrected chi connectivity index (χ0v) is 17.7. The van der Waals surface area contributed by atoms with Crippen molar-refractivity contribution in [1.29, 1.82) is 5.41 Å². The van der Waals surface area contributed by atoms with E-state index in [1.165, 1.54) is 10.5 Å². The fourth-order valence-corrected chi connectivity index (χ4v) is 3.33. The summed E-state index contributed by atoms with van der Waals surface area (Å²) in [7, 11) is 0. The van der Waals surface area contributed by atoms with Gasteiger partial charge in [-0.3, -0.25) is 15.1 Å². The Morgan fingerprint density at radius 3 is 2.93 bits per heavy atom. The fraction of sp³-hybridized carbons (Fsp3) is 0.360. The van der Waals surface area contributed by atoms with E-state index in [0.717, 1.165) is 30.4 Å². The standard InChI is InChI=1S/C25H31N3O2/c1-3-8-20(16-17-26)10-4-5-18-28-23(29)13-7-12-22(25(28)27)24(30)21-11-6-9-19(2)14-15-21/h3-4,8,10,14-15,27,30H,1,5-6,9,11,13,16-18,26H2,2H3/b10-4-,20-8+,24-22?,27-25?. The Morgan fingerprint density at radius 2 is 2.20 bits per heavy atom. The molecule has 0 saturated carbocycles. The largest absolute Gasteiger partial charge is 0.506 e. The smallest absolute Gasteiger partial charge is 0.240 e. The molecule has 2 aliphatic rings. The van der Waals surface area contributed by atoms with Crippen LogP contribution in [0.25, 0.3) is 0 Å². The monoisotopic (exact) mass is 405 g/mol. The number of carbonyl (C=O) groups excluding carboxylic acids is 1. The lowest BCUT2D eigenvalue weighted by molar-refractivity contribution is -0.126. The second kappa shape index (κ2) is 11.8. The summed E-state index contributed by atoms with van der Waals surface area (Å²) in [5, 5.41) is 19.4. The van der Waals surface area contributed by atoms with Crippen molar-refractivity contribution >= 4 is 11.7 Å². The van der Waals surface area contributed by atoms with E-state index in [4.69, 9.17) is 11.1 Å². The highest BCUT2D eigenvalue weighted by molar-refractivity contribution is 6.10. The number of aliphatic hydroxyl groups is 1. The second-order valence-electron chi connectivity index (χ2n) is 7.36. The summed E-state index contributed by atoms with van der Waals surface area (Å²) in [6.45, 7) is 6.66. The number of rotatable bonds is 8. The number of amides is 1. The first kappa shape index (κ1) is 23.2. The van der Waals surface area contributed by atoms with Crippen LogP contribution in [0.5, 0.6) is 0 Å². The van der Waals surface area contributed by atoms with E-state index < -0.39 is 0 Å². The molecule has 0 spiro atoms. The third-order valence-corrected chi connectivity index (χ3v) is 5.00. The number of nitrogens with two attached hydrogens (primary N) is 1. The molecule has 2 rings (SSSR count). The summed E-state index contributed by atoms with van der Waals surface area (Å²) in [6.07, 6.45) is 15.4. The van der Waals surface area contributed by atoms with Gasteiger partial charge in [-0.25, -0.2) is 0 Å². The van der Waals surface area contributed by atoms with Gasteiger partial charge in [0, 0.05) is 6.54 Å². The molecule has 0 radical (unpaired) electrons. The maximum Gasteiger partial charge on any atom is 0.240 e. The molecule has 0 aromatic carbocycles. The first-order valence-corrected chi connectivity index (χ1v) is 10.3. The Kier molecular flexibility index (Phi) is 9.11. The molecule has 0 aromatic rings. The van der Waals surface area contributed by atoms with Gasteiger partial charge in [0.25, 0.3) is 0 Å². The Bertz CT molecular complexity index is 904. The van der Waals surface area contributed by atoms with Gasteiger partial charge in [-0.05, 0) is 56.7 Å². The number of carbonyl (C=O) groups is 1. The van der Waals surface area contributed by atoms with Gasteiger partial charge in [0.05, 0.1) is 6.42 Å². The lowest BCUT2D eigenvalue weighted by atomic mass is 10.0.